The average Bonchev–Trinajstić information content (AvgIpc) is 2.62. The second-order valence-electron chi connectivity index (χ2n) is 6.64. The molecule has 1 fully saturated rings. The normalized spacial score (nSPS) is 21.0. The molecule has 0 spiro atoms. The van der Waals surface area contributed by atoms with Crippen molar-refractivity contribution >= 4 is 35.6 Å². The van der Waals surface area contributed by atoms with Crippen LogP contribution in [0.5, 0.6) is 0 Å². The number of carboxylic acids is 1. The molecule has 1 atom stereocenters. The summed E-state index contributed by atoms with van der Waals surface area (Å²) >= 11 is 1.70. The van der Waals surface area contributed by atoms with E-state index in [1.54, 1.807) is 18.0 Å². The van der Waals surface area contributed by atoms with Crippen LogP contribution in [0.15, 0.2) is 30.5 Å². The fourth-order valence-corrected chi connectivity index (χ4v) is 4.71. The first kappa shape index (κ1) is 18.5. The Morgan fingerprint density at radius 3 is 2.62 bits per heavy atom. The number of fused-ring (bicyclic) bond motifs is 1. The highest BCUT2D eigenvalue weighted by atomic mass is 32.2. The topological polar surface area (TPSA) is 86.7 Å². The third kappa shape index (κ3) is 3.62. The quantitative estimate of drug-likeness (QED) is 0.845. The molecule has 1 saturated heterocycles. The summed E-state index contributed by atoms with van der Waals surface area (Å²) in [4.78, 5) is 38.0. The van der Waals surface area contributed by atoms with Crippen molar-refractivity contribution in [1.29, 1.82) is 0 Å². The predicted molar refractivity (Wildman–Crippen MR) is 100 cm³/mol. The van der Waals surface area contributed by atoms with Gasteiger partial charge in [-0.3, -0.25) is 9.59 Å². The first-order valence-corrected chi connectivity index (χ1v) is 9.76. The number of carbonyl (C=O) groups is 3. The Kier molecular flexibility index (Phi) is 5.36. The predicted octanol–water partition coefficient (Wildman–Crippen LogP) is 2.42. The van der Waals surface area contributed by atoms with Gasteiger partial charge in [0.2, 0.25) is 11.8 Å². The number of amides is 2. The minimum Gasteiger partial charge on any atom is -0.480 e. The lowest BCUT2D eigenvalue weighted by molar-refractivity contribution is -0.148. The van der Waals surface area contributed by atoms with Gasteiger partial charge in [0.25, 0.3) is 0 Å². The van der Waals surface area contributed by atoms with Gasteiger partial charge < -0.3 is 15.3 Å². The molecule has 0 aliphatic carbocycles. The molecule has 0 aromatic heterocycles. The van der Waals surface area contributed by atoms with Gasteiger partial charge in [-0.15, -0.1) is 0 Å². The molecule has 2 N–H and O–H groups in total. The Morgan fingerprint density at radius 1 is 1.27 bits per heavy atom. The van der Waals surface area contributed by atoms with Crippen LogP contribution in [-0.2, 0) is 14.4 Å². The first-order valence-electron chi connectivity index (χ1n) is 8.61. The Balaban J connectivity index is 1.81. The second kappa shape index (κ2) is 7.53. The lowest BCUT2D eigenvalue weighted by Gasteiger charge is -2.36. The summed E-state index contributed by atoms with van der Waals surface area (Å²) in [5.41, 5.74) is 0.654. The average molecular weight is 374 g/mol. The van der Waals surface area contributed by atoms with E-state index in [2.05, 4.69) is 5.32 Å². The molecule has 138 valence electrons. The summed E-state index contributed by atoms with van der Waals surface area (Å²) in [5.74, 6) is -0.0720. The van der Waals surface area contributed by atoms with E-state index >= 15 is 0 Å². The third-order valence-corrected chi connectivity index (χ3v) is 5.97. The van der Waals surface area contributed by atoms with E-state index in [9.17, 15) is 19.5 Å². The number of benzene rings is 1. The van der Waals surface area contributed by atoms with Crippen molar-refractivity contribution in [3.63, 3.8) is 0 Å². The van der Waals surface area contributed by atoms with Crippen LogP contribution in [-0.4, -0.2) is 44.8 Å². The van der Waals surface area contributed by atoms with Crippen LogP contribution in [0.1, 0.15) is 43.4 Å². The van der Waals surface area contributed by atoms with Crippen LogP contribution >= 0.6 is 11.8 Å². The Bertz CT molecular complexity index is 756. The molecule has 3 rings (SSSR count). The van der Waals surface area contributed by atoms with Gasteiger partial charge in [-0.1, -0.05) is 24.3 Å². The van der Waals surface area contributed by atoms with Crippen LogP contribution in [0.25, 0.3) is 6.08 Å². The van der Waals surface area contributed by atoms with Crippen LogP contribution in [0.3, 0.4) is 0 Å². The summed E-state index contributed by atoms with van der Waals surface area (Å²) in [7, 11) is 0. The van der Waals surface area contributed by atoms with Gasteiger partial charge in [-0.2, -0.15) is 11.8 Å². The number of hydrogen-bond donors (Lipinski definition) is 2. The minimum absolute atomic E-state index is 0.0309. The summed E-state index contributed by atoms with van der Waals surface area (Å²) in [6, 6.07) is 7.18. The van der Waals surface area contributed by atoms with Crippen LogP contribution in [0.4, 0.5) is 0 Å². The monoisotopic (exact) mass is 374 g/mol. The maximum Gasteiger partial charge on any atom is 0.329 e. The fourth-order valence-electron chi connectivity index (χ4n) is 3.52. The molecule has 0 bridgehead atoms. The molecule has 2 heterocycles. The van der Waals surface area contributed by atoms with Crippen molar-refractivity contribution in [2.45, 2.75) is 37.8 Å². The standard InChI is InChI=1S/C19H22N2O4S/c1-13(22)21-9-6-14-4-2-3-5-15(14)16(21)12-17(23)20-19(18(24)25)7-10-26-11-8-19/h2-6,9,16H,7-8,10-12H2,1H3,(H,20,23)(H,24,25). The van der Waals surface area contributed by atoms with Crippen molar-refractivity contribution in [2.24, 2.45) is 0 Å². The number of carbonyl (C=O) groups excluding carboxylic acids is 2. The summed E-state index contributed by atoms with van der Waals surface area (Å²) in [6.07, 6.45) is 4.39. The molecular formula is C19H22N2O4S. The van der Waals surface area contributed by atoms with Gasteiger partial charge in [-0.25, -0.2) is 4.79 Å². The second-order valence-corrected chi connectivity index (χ2v) is 7.86. The Hall–Kier alpha value is -2.28. The van der Waals surface area contributed by atoms with Gasteiger partial charge in [0.1, 0.15) is 5.54 Å². The van der Waals surface area contributed by atoms with Gasteiger partial charge in [-0.05, 0) is 41.6 Å². The van der Waals surface area contributed by atoms with Gasteiger partial charge in [0.05, 0.1) is 12.5 Å². The Morgan fingerprint density at radius 2 is 1.96 bits per heavy atom. The third-order valence-electron chi connectivity index (χ3n) is 4.98. The summed E-state index contributed by atoms with van der Waals surface area (Å²) in [5, 5.41) is 12.4. The highest BCUT2D eigenvalue weighted by molar-refractivity contribution is 7.99. The molecule has 7 heteroatoms. The van der Waals surface area contributed by atoms with Crippen molar-refractivity contribution in [3.05, 3.63) is 41.6 Å². The maximum atomic E-state index is 12.7. The summed E-state index contributed by atoms with van der Waals surface area (Å²) in [6.45, 7) is 1.46. The van der Waals surface area contributed by atoms with Gasteiger partial charge in [0, 0.05) is 13.1 Å². The summed E-state index contributed by atoms with van der Waals surface area (Å²) < 4.78 is 0. The minimum atomic E-state index is -1.20. The molecule has 2 amide bonds. The number of aliphatic carboxylic acids is 1. The molecule has 0 saturated carbocycles. The smallest absolute Gasteiger partial charge is 0.329 e. The van der Waals surface area contributed by atoms with E-state index in [0.717, 1.165) is 11.1 Å². The number of hydrogen-bond acceptors (Lipinski definition) is 4. The zero-order valence-electron chi connectivity index (χ0n) is 14.6. The van der Waals surface area contributed by atoms with Crippen molar-refractivity contribution < 1.29 is 19.5 Å². The molecule has 1 aromatic rings. The van der Waals surface area contributed by atoms with Crippen molar-refractivity contribution in [1.82, 2.24) is 10.2 Å². The molecule has 1 unspecified atom stereocenters. The zero-order chi connectivity index (χ0) is 18.7. The molecule has 26 heavy (non-hydrogen) atoms. The van der Waals surface area contributed by atoms with E-state index in [1.165, 1.54) is 11.8 Å². The fraction of sp³-hybridized carbons (Fsp3) is 0.421. The van der Waals surface area contributed by atoms with E-state index in [4.69, 9.17) is 0 Å². The molecular weight excluding hydrogens is 352 g/mol. The van der Waals surface area contributed by atoms with Gasteiger partial charge in [0.15, 0.2) is 0 Å². The van der Waals surface area contributed by atoms with Crippen molar-refractivity contribution in [2.75, 3.05) is 11.5 Å². The van der Waals surface area contributed by atoms with Crippen LogP contribution < -0.4 is 5.32 Å². The molecule has 2 aliphatic heterocycles. The molecule has 0 radical (unpaired) electrons. The highest BCUT2D eigenvalue weighted by Crippen LogP contribution is 2.34. The van der Waals surface area contributed by atoms with Crippen LogP contribution in [0.2, 0.25) is 0 Å². The van der Waals surface area contributed by atoms with E-state index in [-0.39, 0.29) is 18.2 Å². The van der Waals surface area contributed by atoms with E-state index < -0.39 is 17.6 Å². The van der Waals surface area contributed by atoms with Gasteiger partial charge >= 0.3 is 5.97 Å². The molecule has 2 aliphatic rings. The number of thioether (sulfide) groups is 1. The number of nitrogens with one attached hydrogen (secondary N) is 1. The lowest BCUT2D eigenvalue weighted by atomic mass is 9.90. The maximum absolute atomic E-state index is 12.7. The first-order chi connectivity index (χ1) is 12.4. The largest absolute Gasteiger partial charge is 0.480 e. The Labute approximate surface area is 156 Å². The van der Waals surface area contributed by atoms with E-state index in [0.29, 0.717) is 24.3 Å². The number of rotatable bonds is 4. The highest BCUT2D eigenvalue weighted by Gasteiger charge is 2.42. The number of nitrogens with zero attached hydrogens (tertiary/aromatic N) is 1. The zero-order valence-corrected chi connectivity index (χ0v) is 15.4. The van der Waals surface area contributed by atoms with Crippen LogP contribution in [0, 0.1) is 0 Å². The molecule has 6 nitrogen and oxygen atoms in total. The lowest BCUT2D eigenvalue weighted by Crippen LogP contribution is -2.57. The number of carboxylic acid groups (broad SMARTS) is 1. The van der Waals surface area contributed by atoms with Crippen molar-refractivity contribution in [3.8, 4) is 0 Å². The van der Waals surface area contributed by atoms with E-state index in [1.807, 2.05) is 30.3 Å². The SMILES string of the molecule is CC(=O)N1C=Cc2ccccc2C1CC(=O)NC1(C(=O)O)CCSCC1. The molecule has 1 aromatic carbocycles.